The maximum atomic E-state index is 13.3. The molecule has 1 aromatic carbocycles. The van der Waals surface area contributed by atoms with Crippen molar-refractivity contribution in [2.45, 2.75) is 55.8 Å². The van der Waals surface area contributed by atoms with Gasteiger partial charge in [0.05, 0.1) is 22.7 Å². The number of carbonyl (C=O) groups is 1. The van der Waals surface area contributed by atoms with Gasteiger partial charge in [-0.05, 0) is 54.8 Å². The number of pyridine rings is 2. The van der Waals surface area contributed by atoms with Gasteiger partial charge in [-0.2, -0.15) is 0 Å². The molecule has 1 saturated carbocycles. The molecule has 1 aliphatic heterocycles. The molecule has 2 aromatic heterocycles. The third-order valence-electron chi connectivity index (χ3n) is 6.40. The van der Waals surface area contributed by atoms with Crippen LogP contribution < -0.4 is 0 Å². The van der Waals surface area contributed by atoms with E-state index in [1.165, 1.54) is 0 Å². The molecule has 0 saturated heterocycles. The van der Waals surface area contributed by atoms with E-state index >= 15 is 0 Å². The minimum Gasteiger partial charge on any atom is -0.391 e. The molecule has 3 aromatic rings. The van der Waals surface area contributed by atoms with Crippen molar-refractivity contribution >= 4 is 28.6 Å². The molecule has 1 fully saturated rings. The van der Waals surface area contributed by atoms with E-state index in [0.717, 1.165) is 63.9 Å². The average Bonchev–Trinajstić information content (AvgIpc) is 3.11. The van der Waals surface area contributed by atoms with E-state index in [9.17, 15) is 9.90 Å². The number of thioether (sulfide) groups is 1. The first-order valence-electron chi connectivity index (χ1n) is 10.5. The Morgan fingerprint density at radius 1 is 1.20 bits per heavy atom. The van der Waals surface area contributed by atoms with Crippen LogP contribution in [0.4, 0.5) is 0 Å². The summed E-state index contributed by atoms with van der Waals surface area (Å²) in [5.41, 5.74) is 4.84. The van der Waals surface area contributed by atoms with E-state index in [4.69, 9.17) is 0 Å². The van der Waals surface area contributed by atoms with Gasteiger partial charge in [-0.3, -0.25) is 9.78 Å². The Labute approximate surface area is 180 Å². The highest BCUT2D eigenvalue weighted by atomic mass is 32.2. The largest absolute Gasteiger partial charge is 0.391 e. The molecule has 5 rings (SSSR count). The molecule has 0 spiro atoms. The topological polar surface area (TPSA) is 66.3 Å². The van der Waals surface area contributed by atoms with E-state index in [1.54, 1.807) is 18.0 Å². The zero-order chi connectivity index (χ0) is 20.7. The van der Waals surface area contributed by atoms with E-state index < -0.39 is 6.10 Å². The van der Waals surface area contributed by atoms with Crippen molar-refractivity contribution in [2.75, 3.05) is 6.26 Å². The van der Waals surface area contributed by atoms with E-state index in [1.807, 2.05) is 35.6 Å². The molecular formula is C24H25N3O2S. The van der Waals surface area contributed by atoms with Crippen LogP contribution in [0.15, 0.2) is 47.8 Å². The van der Waals surface area contributed by atoms with Crippen molar-refractivity contribution in [3.63, 3.8) is 0 Å². The molecular weight excluding hydrogens is 394 g/mol. The highest BCUT2D eigenvalue weighted by molar-refractivity contribution is 7.98. The maximum absolute atomic E-state index is 13.3. The van der Waals surface area contributed by atoms with Crippen molar-refractivity contribution < 1.29 is 9.90 Å². The number of aliphatic hydroxyl groups excluding tert-OH is 1. The summed E-state index contributed by atoms with van der Waals surface area (Å²) >= 11 is 1.63. The molecule has 0 radical (unpaired) electrons. The molecule has 2 unspecified atom stereocenters. The summed E-state index contributed by atoms with van der Waals surface area (Å²) in [6.07, 6.45) is 9.73. The van der Waals surface area contributed by atoms with Crippen LogP contribution in [0.25, 0.3) is 10.9 Å². The lowest BCUT2D eigenvalue weighted by atomic mass is 9.91. The van der Waals surface area contributed by atoms with Gasteiger partial charge < -0.3 is 10.0 Å². The molecule has 3 heterocycles. The van der Waals surface area contributed by atoms with Crippen molar-refractivity contribution in [3.05, 3.63) is 65.0 Å². The maximum Gasteiger partial charge on any atom is 0.254 e. The summed E-state index contributed by atoms with van der Waals surface area (Å²) < 4.78 is 0. The minimum atomic E-state index is -0.434. The monoisotopic (exact) mass is 419 g/mol. The van der Waals surface area contributed by atoms with Crippen LogP contribution >= 0.6 is 11.8 Å². The molecule has 1 N–H and O–H groups in total. The first-order valence-corrected chi connectivity index (χ1v) is 11.8. The van der Waals surface area contributed by atoms with Gasteiger partial charge in [-0.15, -0.1) is 11.8 Å². The number of nitrogens with zero attached hydrogens (tertiary/aromatic N) is 3. The lowest BCUT2D eigenvalue weighted by Crippen LogP contribution is -2.45. The molecule has 2 aliphatic rings. The average molecular weight is 420 g/mol. The smallest absolute Gasteiger partial charge is 0.254 e. The second-order valence-corrected chi connectivity index (χ2v) is 9.03. The molecule has 6 heteroatoms. The summed E-state index contributed by atoms with van der Waals surface area (Å²) in [6, 6.07) is 10.1. The molecule has 30 heavy (non-hydrogen) atoms. The second kappa shape index (κ2) is 8.00. The summed E-state index contributed by atoms with van der Waals surface area (Å²) in [5.74, 6) is 0.0283. The lowest BCUT2D eigenvalue weighted by Gasteiger charge is -2.35. The van der Waals surface area contributed by atoms with Gasteiger partial charge in [0.2, 0.25) is 0 Å². The number of amides is 1. The molecule has 1 amide bonds. The van der Waals surface area contributed by atoms with Gasteiger partial charge >= 0.3 is 0 Å². The Morgan fingerprint density at radius 3 is 2.83 bits per heavy atom. The van der Waals surface area contributed by atoms with Gasteiger partial charge in [0.15, 0.2) is 0 Å². The molecule has 0 bridgehead atoms. The van der Waals surface area contributed by atoms with Crippen LogP contribution in [0.1, 0.15) is 52.7 Å². The third-order valence-corrected chi connectivity index (χ3v) is 7.06. The quantitative estimate of drug-likeness (QED) is 0.642. The van der Waals surface area contributed by atoms with Gasteiger partial charge in [0.1, 0.15) is 0 Å². The lowest BCUT2D eigenvalue weighted by molar-refractivity contribution is 0.0192. The van der Waals surface area contributed by atoms with Crippen LogP contribution in [-0.2, 0) is 13.0 Å². The molecule has 2 atom stereocenters. The van der Waals surface area contributed by atoms with Gasteiger partial charge in [-0.1, -0.05) is 25.0 Å². The van der Waals surface area contributed by atoms with Crippen LogP contribution in [0, 0.1) is 0 Å². The van der Waals surface area contributed by atoms with Crippen molar-refractivity contribution in [2.24, 2.45) is 0 Å². The van der Waals surface area contributed by atoms with E-state index in [-0.39, 0.29) is 11.9 Å². The Bertz CT molecular complexity index is 1100. The van der Waals surface area contributed by atoms with Crippen molar-refractivity contribution in [3.8, 4) is 0 Å². The predicted octanol–water partition coefficient (Wildman–Crippen LogP) is 4.20. The number of hydrogen-bond donors (Lipinski definition) is 1. The number of aliphatic hydroxyl groups is 1. The van der Waals surface area contributed by atoms with Crippen LogP contribution in [-0.4, -0.2) is 44.3 Å². The van der Waals surface area contributed by atoms with Gasteiger partial charge in [0.25, 0.3) is 5.91 Å². The fraction of sp³-hybridized carbons (Fsp3) is 0.375. The van der Waals surface area contributed by atoms with E-state index in [0.29, 0.717) is 13.0 Å². The Kier molecular flexibility index (Phi) is 5.21. The van der Waals surface area contributed by atoms with Crippen molar-refractivity contribution in [1.82, 2.24) is 14.9 Å². The van der Waals surface area contributed by atoms with E-state index in [2.05, 4.69) is 22.1 Å². The predicted molar refractivity (Wildman–Crippen MR) is 119 cm³/mol. The normalized spacial score (nSPS) is 21.3. The Morgan fingerprint density at radius 2 is 2.07 bits per heavy atom. The molecule has 5 nitrogen and oxygen atoms in total. The Balaban J connectivity index is 1.54. The van der Waals surface area contributed by atoms with Crippen molar-refractivity contribution in [1.29, 1.82) is 0 Å². The molecule has 154 valence electrons. The summed E-state index contributed by atoms with van der Waals surface area (Å²) in [4.78, 5) is 24.4. The van der Waals surface area contributed by atoms with Crippen LogP contribution in [0.2, 0.25) is 0 Å². The first-order chi connectivity index (χ1) is 14.7. The molecule has 1 aliphatic carbocycles. The van der Waals surface area contributed by atoms with Crippen LogP contribution in [0.3, 0.4) is 0 Å². The number of fused-ring (bicyclic) bond motifs is 3. The number of hydrogen-bond acceptors (Lipinski definition) is 5. The summed E-state index contributed by atoms with van der Waals surface area (Å²) in [5, 5.41) is 12.6. The van der Waals surface area contributed by atoms with Gasteiger partial charge in [0, 0.05) is 35.5 Å². The number of aromatic nitrogens is 2. The highest BCUT2D eigenvalue weighted by Crippen LogP contribution is 2.36. The minimum absolute atomic E-state index is 0.0283. The number of carbonyl (C=O) groups excluding carboxylic acids is 1. The zero-order valence-corrected chi connectivity index (χ0v) is 17.9. The first kappa shape index (κ1) is 19.5. The van der Waals surface area contributed by atoms with Crippen LogP contribution in [0.5, 0.6) is 0 Å². The zero-order valence-electron chi connectivity index (χ0n) is 17.0. The van der Waals surface area contributed by atoms with Gasteiger partial charge in [-0.25, -0.2) is 4.98 Å². The standard InChI is InChI=1S/C24H25N3O2S/c1-30-22-9-8-15(13-26-22)11-16-12-18-19(23-17(16)5-4-10-25-23)14-27(24(18)29)20-6-2-3-7-21(20)28/h4-5,8-10,12-13,20-21,28H,2-3,6-7,11,14H2,1H3. The summed E-state index contributed by atoms with van der Waals surface area (Å²) in [7, 11) is 0. The Hall–Kier alpha value is -2.44. The number of rotatable bonds is 4. The highest BCUT2D eigenvalue weighted by Gasteiger charge is 2.38. The summed E-state index contributed by atoms with van der Waals surface area (Å²) in [6.45, 7) is 0.535. The fourth-order valence-electron chi connectivity index (χ4n) is 4.84. The third kappa shape index (κ3) is 3.38. The SMILES string of the molecule is CSc1ccc(Cc2cc3c(c4ncccc24)CN(C2CCCCC2O)C3=O)cn1. The number of benzene rings is 1. The fourth-order valence-corrected chi connectivity index (χ4v) is 5.21. The second-order valence-electron chi connectivity index (χ2n) is 8.20.